The van der Waals surface area contributed by atoms with Gasteiger partial charge < -0.3 is 15.5 Å². The van der Waals surface area contributed by atoms with Gasteiger partial charge in [0.05, 0.1) is 0 Å². The van der Waals surface area contributed by atoms with Crippen molar-refractivity contribution in [2.24, 2.45) is 4.99 Å². The zero-order valence-corrected chi connectivity index (χ0v) is 19.0. The number of fused-ring (bicyclic) bond motifs is 1. The number of hydrogen-bond donors (Lipinski definition) is 2. The first-order chi connectivity index (χ1) is 13.7. The van der Waals surface area contributed by atoms with Gasteiger partial charge in [-0.3, -0.25) is 4.40 Å². The number of nitrogens with zero attached hydrogens (tertiary/aromatic N) is 5. The standard InChI is InChI=1S/C20H26FN7.HI/c1-3-22-20(24-14-19-26-25-18-6-4-5-12-28(18)19)23-11-13-27(2)15-16-7-9-17(21)10-8-16;/h4-10,12H,3,11,13-15H2,1-2H3,(H2,22,23,24);1H. The molecule has 0 fully saturated rings. The number of aliphatic imine (C=N–C) groups is 1. The molecule has 29 heavy (non-hydrogen) atoms. The second-order valence-electron chi connectivity index (χ2n) is 6.53. The summed E-state index contributed by atoms with van der Waals surface area (Å²) in [6.07, 6.45) is 1.94. The summed E-state index contributed by atoms with van der Waals surface area (Å²) in [5.74, 6) is 1.33. The summed E-state index contributed by atoms with van der Waals surface area (Å²) in [4.78, 5) is 6.78. The number of benzene rings is 1. The summed E-state index contributed by atoms with van der Waals surface area (Å²) >= 11 is 0. The highest BCUT2D eigenvalue weighted by Crippen LogP contribution is 2.05. The second kappa shape index (κ2) is 11.7. The fourth-order valence-corrected chi connectivity index (χ4v) is 2.84. The molecule has 0 amide bonds. The molecule has 0 atom stereocenters. The monoisotopic (exact) mass is 511 g/mol. The van der Waals surface area contributed by atoms with Crippen molar-refractivity contribution in [1.82, 2.24) is 30.1 Å². The van der Waals surface area contributed by atoms with E-state index in [0.717, 1.165) is 49.2 Å². The van der Waals surface area contributed by atoms with Crippen LogP contribution in [0.15, 0.2) is 53.7 Å². The number of halogens is 2. The Balaban J connectivity index is 0.00000300. The van der Waals surface area contributed by atoms with Crippen LogP contribution in [0.5, 0.6) is 0 Å². The van der Waals surface area contributed by atoms with Gasteiger partial charge in [0.15, 0.2) is 17.4 Å². The maximum atomic E-state index is 13.0. The number of hydrogen-bond acceptors (Lipinski definition) is 4. The molecule has 0 aliphatic heterocycles. The summed E-state index contributed by atoms with van der Waals surface area (Å²) in [6.45, 7) is 5.58. The van der Waals surface area contributed by atoms with Crippen molar-refractivity contribution in [2.45, 2.75) is 20.0 Å². The molecule has 2 heterocycles. The minimum Gasteiger partial charge on any atom is -0.357 e. The van der Waals surface area contributed by atoms with Crippen LogP contribution in [0, 0.1) is 5.82 Å². The molecule has 0 spiro atoms. The first-order valence-corrected chi connectivity index (χ1v) is 9.39. The molecule has 0 unspecified atom stereocenters. The molecule has 0 bridgehead atoms. The predicted octanol–water partition coefficient (Wildman–Crippen LogP) is 2.67. The number of guanidine groups is 1. The Morgan fingerprint density at radius 3 is 2.69 bits per heavy atom. The Morgan fingerprint density at radius 1 is 1.14 bits per heavy atom. The van der Waals surface area contributed by atoms with Crippen molar-refractivity contribution in [1.29, 1.82) is 0 Å². The second-order valence-corrected chi connectivity index (χ2v) is 6.53. The van der Waals surface area contributed by atoms with Gasteiger partial charge in [-0.15, -0.1) is 34.2 Å². The first-order valence-electron chi connectivity index (χ1n) is 9.39. The van der Waals surface area contributed by atoms with Gasteiger partial charge in [-0.2, -0.15) is 0 Å². The number of likely N-dealkylation sites (N-methyl/N-ethyl adjacent to an activating group) is 1. The molecule has 156 valence electrons. The van der Waals surface area contributed by atoms with Crippen LogP contribution in [0.4, 0.5) is 4.39 Å². The Bertz CT molecular complexity index is 911. The maximum Gasteiger partial charge on any atom is 0.191 e. The third-order valence-corrected chi connectivity index (χ3v) is 4.26. The molecule has 2 N–H and O–H groups in total. The first kappa shape index (κ1) is 23.0. The summed E-state index contributed by atoms with van der Waals surface area (Å²) in [5, 5.41) is 14.9. The van der Waals surface area contributed by atoms with E-state index in [1.165, 1.54) is 12.1 Å². The predicted molar refractivity (Wildman–Crippen MR) is 124 cm³/mol. The van der Waals surface area contributed by atoms with Crippen LogP contribution >= 0.6 is 24.0 Å². The Labute approximate surface area is 187 Å². The molecule has 0 aliphatic rings. The van der Waals surface area contributed by atoms with Crippen molar-refractivity contribution < 1.29 is 4.39 Å². The van der Waals surface area contributed by atoms with Crippen molar-refractivity contribution in [3.05, 3.63) is 65.9 Å². The summed E-state index contributed by atoms with van der Waals surface area (Å²) in [7, 11) is 2.04. The molecule has 0 radical (unpaired) electrons. The molecule has 2 aromatic heterocycles. The minimum absolute atomic E-state index is 0. The van der Waals surface area contributed by atoms with E-state index in [9.17, 15) is 4.39 Å². The minimum atomic E-state index is -0.208. The number of rotatable bonds is 8. The SMILES string of the molecule is CCNC(=NCc1nnc2ccccn12)NCCN(C)Cc1ccc(F)cc1.I. The summed E-state index contributed by atoms with van der Waals surface area (Å²) < 4.78 is 14.9. The van der Waals surface area contributed by atoms with Crippen LogP contribution in [-0.4, -0.2) is 52.1 Å². The zero-order valence-electron chi connectivity index (χ0n) is 16.7. The highest BCUT2D eigenvalue weighted by atomic mass is 127. The lowest BCUT2D eigenvalue weighted by atomic mass is 10.2. The lowest BCUT2D eigenvalue weighted by Gasteiger charge is -2.18. The van der Waals surface area contributed by atoms with Crippen molar-refractivity contribution >= 4 is 35.6 Å². The van der Waals surface area contributed by atoms with E-state index in [2.05, 4.69) is 30.7 Å². The highest BCUT2D eigenvalue weighted by Gasteiger charge is 2.05. The van der Waals surface area contributed by atoms with Gasteiger partial charge in [0.2, 0.25) is 0 Å². The van der Waals surface area contributed by atoms with Crippen LogP contribution in [0.25, 0.3) is 5.65 Å². The van der Waals surface area contributed by atoms with Crippen molar-refractivity contribution in [2.75, 3.05) is 26.7 Å². The third-order valence-electron chi connectivity index (χ3n) is 4.26. The molecule has 7 nitrogen and oxygen atoms in total. The normalized spacial score (nSPS) is 11.5. The summed E-state index contributed by atoms with van der Waals surface area (Å²) in [5.41, 5.74) is 1.90. The topological polar surface area (TPSA) is 69.8 Å². The molecule has 3 aromatic rings. The van der Waals surface area contributed by atoms with E-state index in [4.69, 9.17) is 0 Å². The van der Waals surface area contributed by atoms with E-state index in [1.54, 1.807) is 0 Å². The third kappa shape index (κ3) is 6.93. The Hall–Kier alpha value is -2.27. The van der Waals surface area contributed by atoms with E-state index < -0.39 is 0 Å². The van der Waals surface area contributed by atoms with E-state index >= 15 is 0 Å². The van der Waals surface area contributed by atoms with E-state index in [0.29, 0.717) is 6.54 Å². The van der Waals surface area contributed by atoms with Gasteiger partial charge in [0.1, 0.15) is 12.4 Å². The molecule has 3 rings (SSSR count). The van der Waals surface area contributed by atoms with Crippen LogP contribution in [0.2, 0.25) is 0 Å². The van der Waals surface area contributed by atoms with Crippen molar-refractivity contribution in [3.63, 3.8) is 0 Å². The lowest BCUT2D eigenvalue weighted by Crippen LogP contribution is -2.40. The average molecular weight is 511 g/mol. The Kier molecular flexibility index (Phi) is 9.26. The highest BCUT2D eigenvalue weighted by molar-refractivity contribution is 14.0. The van der Waals surface area contributed by atoms with Crippen LogP contribution in [0.3, 0.4) is 0 Å². The quantitative estimate of drug-likeness (QED) is 0.277. The molecular formula is C20H27FIN7. The number of pyridine rings is 1. The zero-order chi connectivity index (χ0) is 19.8. The van der Waals surface area contributed by atoms with Gasteiger partial charge in [-0.25, -0.2) is 9.38 Å². The van der Waals surface area contributed by atoms with Gasteiger partial charge in [0, 0.05) is 32.4 Å². The molecule has 9 heteroatoms. The van der Waals surface area contributed by atoms with E-state index in [1.807, 2.05) is 54.9 Å². The van der Waals surface area contributed by atoms with Crippen molar-refractivity contribution in [3.8, 4) is 0 Å². The summed E-state index contributed by atoms with van der Waals surface area (Å²) in [6, 6.07) is 12.4. The van der Waals surface area contributed by atoms with Gasteiger partial charge >= 0.3 is 0 Å². The largest absolute Gasteiger partial charge is 0.357 e. The molecular weight excluding hydrogens is 484 g/mol. The molecule has 0 saturated carbocycles. The maximum absolute atomic E-state index is 13.0. The molecule has 0 aliphatic carbocycles. The fourth-order valence-electron chi connectivity index (χ4n) is 2.84. The van der Waals surface area contributed by atoms with Crippen LogP contribution in [0.1, 0.15) is 18.3 Å². The van der Waals surface area contributed by atoms with Crippen LogP contribution < -0.4 is 10.6 Å². The molecule has 0 saturated heterocycles. The smallest absolute Gasteiger partial charge is 0.191 e. The van der Waals surface area contributed by atoms with Gasteiger partial charge in [-0.05, 0) is 43.8 Å². The van der Waals surface area contributed by atoms with Crippen LogP contribution in [-0.2, 0) is 13.1 Å². The Morgan fingerprint density at radius 2 is 1.93 bits per heavy atom. The number of aromatic nitrogens is 3. The molecule has 1 aromatic carbocycles. The van der Waals surface area contributed by atoms with Gasteiger partial charge in [0.25, 0.3) is 0 Å². The average Bonchev–Trinajstić information content (AvgIpc) is 3.11. The van der Waals surface area contributed by atoms with Gasteiger partial charge in [-0.1, -0.05) is 18.2 Å². The fraction of sp³-hybridized carbons (Fsp3) is 0.350. The van der Waals surface area contributed by atoms with E-state index in [-0.39, 0.29) is 29.8 Å². The number of nitrogens with one attached hydrogen (secondary N) is 2. The lowest BCUT2D eigenvalue weighted by molar-refractivity contribution is 0.331.